The van der Waals surface area contributed by atoms with E-state index in [0.29, 0.717) is 17.3 Å². The van der Waals surface area contributed by atoms with Crippen molar-refractivity contribution in [3.8, 4) is 6.26 Å². The van der Waals surface area contributed by atoms with Crippen LogP contribution in [0.4, 0.5) is 5.69 Å². The number of nitrogens with zero attached hydrogens (tertiary/aromatic N) is 2. The standard InChI is InChI=1S/C21H22BClN4O5S/c1-21(2,20(25)22-32-12-24)33(29,30)11-14-10-31-9-13-3-5-16(7-17(13)14)27-19(28)18-6-4-15(23)8-26-18/h3-8,14H,9-11,25H2,1-2H3,(H,27,28). The maximum absolute atomic E-state index is 13.2. The number of hydrogen-bond acceptors (Lipinski definition) is 8. The van der Waals surface area contributed by atoms with Crippen LogP contribution in [0.25, 0.3) is 0 Å². The number of benzene rings is 1. The summed E-state index contributed by atoms with van der Waals surface area (Å²) in [6.45, 7) is 3.43. The van der Waals surface area contributed by atoms with Crippen LogP contribution in [0, 0.1) is 11.5 Å². The maximum atomic E-state index is 13.2. The predicted octanol–water partition coefficient (Wildman–Crippen LogP) is 2.00. The Morgan fingerprint density at radius 3 is 2.85 bits per heavy atom. The third-order valence-electron chi connectivity index (χ3n) is 5.51. The number of nitrogens with two attached hydrogens (primary N) is 1. The van der Waals surface area contributed by atoms with Gasteiger partial charge in [0, 0.05) is 6.20 Å². The first-order valence-electron chi connectivity index (χ1n) is 9.92. The van der Waals surface area contributed by atoms with Crippen molar-refractivity contribution in [3.63, 3.8) is 0 Å². The first-order valence-corrected chi connectivity index (χ1v) is 11.9. The Morgan fingerprint density at radius 1 is 1.42 bits per heavy atom. The molecule has 1 atom stereocenters. The van der Waals surface area contributed by atoms with Crippen molar-refractivity contribution < 1.29 is 22.6 Å². The molecular formula is C21H22BClN4O5S. The second-order valence-electron chi connectivity index (χ2n) is 8.02. The Labute approximate surface area is 197 Å². The zero-order valence-corrected chi connectivity index (χ0v) is 19.6. The molecule has 1 aromatic heterocycles. The van der Waals surface area contributed by atoms with Crippen molar-refractivity contribution >= 4 is 45.7 Å². The van der Waals surface area contributed by atoms with Crippen LogP contribution in [0.3, 0.4) is 0 Å². The van der Waals surface area contributed by atoms with Crippen molar-refractivity contribution in [2.24, 2.45) is 5.73 Å². The zero-order valence-electron chi connectivity index (χ0n) is 18.0. The van der Waals surface area contributed by atoms with Gasteiger partial charge in [-0.15, -0.1) is 0 Å². The van der Waals surface area contributed by atoms with E-state index in [9.17, 15) is 13.2 Å². The molecule has 1 unspecified atom stereocenters. The molecule has 3 rings (SSSR count). The first kappa shape index (κ1) is 24.7. The van der Waals surface area contributed by atoms with E-state index in [1.54, 1.807) is 24.3 Å². The number of carbonyl (C=O) groups excluding carboxylic acids is 1. The SMILES string of the molecule is CC(C)(C(N)=BOC#N)S(=O)(=O)CC1COCc2ccc(NC(=O)c3ccc(Cl)cn3)cc21. The van der Waals surface area contributed by atoms with Crippen LogP contribution in [-0.2, 0) is 25.8 Å². The number of rotatable bonds is 7. The molecule has 1 aromatic carbocycles. The number of halogens is 1. The van der Waals surface area contributed by atoms with E-state index < -0.39 is 26.4 Å². The topological polar surface area (TPSA) is 144 Å². The van der Waals surface area contributed by atoms with Gasteiger partial charge in [0.25, 0.3) is 0 Å². The fraction of sp³-hybridized carbons (Fsp3) is 0.333. The van der Waals surface area contributed by atoms with E-state index in [4.69, 9.17) is 27.3 Å². The monoisotopic (exact) mass is 488 g/mol. The van der Waals surface area contributed by atoms with Gasteiger partial charge in [-0.2, -0.15) is 0 Å². The number of hydrogen-bond donors (Lipinski definition) is 2. The molecule has 1 aliphatic rings. The Kier molecular flexibility index (Phi) is 7.42. The van der Waals surface area contributed by atoms with Gasteiger partial charge in [-0.1, -0.05) is 11.6 Å². The molecule has 2 heterocycles. The summed E-state index contributed by atoms with van der Waals surface area (Å²) in [5.41, 5.74) is 8.09. The third-order valence-corrected chi connectivity index (χ3v) is 8.37. The Hall–Kier alpha value is -2.94. The fourth-order valence-corrected chi connectivity index (χ4v) is 5.05. The van der Waals surface area contributed by atoms with Gasteiger partial charge in [0.1, 0.15) is 0 Å². The predicted molar refractivity (Wildman–Crippen MR) is 126 cm³/mol. The summed E-state index contributed by atoms with van der Waals surface area (Å²) in [7, 11) is -2.86. The number of carbonyl (C=O) groups is 1. The summed E-state index contributed by atoms with van der Waals surface area (Å²) < 4.78 is 35.0. The van der Waals surface area contributed by atoms with Crippen molar-refractivity contribution in [1.29, 1.82) is 5.26 Å². The van der Waals surface area contributed by atoms with Crippen LogP contribution in [0.5, 0.6) is 0 Å². The molecule has 1 amide bonds. The third kappa shape index (κ3) is 5.53. The second-order valence-corrected chi connectivity index (χ2v) is 11.0. The summed E-state index contributed by atoms with van der Waals surface area (Å²) in [4.78, 5) is 16.5. The fourth-order valence-electron chi connectivity index (χ4n) is 3.31. The zero-order chi connectivity index (χ0) is 24.2. The van der Waals surface area contributed by atoms with Crippen LogP contribution < -0.4 is 11.1 Å². The summed E-state index contributed by atoms with van der Waals surface area (Å²) in [5, 5.41) is 11.7. The van der Waals surface area contributed by atoms with Crippen LogP contribution in [-0.4, -0.2) is 49.1 Å². The van der Waals surface area contributed by atoms with Crippen LogP contribution in [0.2, 0.25) is 5.02 Å². The van der Waals surface area contributed by atoms with E-state index in [2.05, 4.69) is 15.0 Å². The molecule has 0 aliphatic carbocycles. The molecule has 33 heavy (non-hydrogen) atoms. The number of amides is 1. The average molecular weight is 489 g/mol. The molecule has 0 saturated heterocycles. The number of fused-ring (bicyclic) bond motifs is 1. The van der Waals surface area contributed by atoms with Crippen molar-refractivity contribution in [2.75, 3.05) is 17.7 Å². The van der Waals surface area contributed by atoms with Gasteiger partial charge in [0.05, 0.1) is 5.02 Å². The van der Waals surface area contributed by atoms with E-state index in [1.165, 1.54) is 32.4 Å². The molecular weight excluding hydrogens is 467 g/mol. The molecule has 2 aromatic rings. The van der Waals surface area contributed by atoms with Gasteiger partial charge in [0.15, 0.2) is 0 Å². The van der Waals surface area contributed by atoms with Gasteiger partial charge in [0.2, 0.25) is 0 Å². The number of anilines is 1. The number of nitrogens with one attached hydrogen (secondary N) is 1. The van der Waals surface area contributed by atoms with E-state index in [-0.39, 0.29) is 23.6 Å². The molecule has 0 fully saturated rings. The molecule has 0 radical (unpaired) electrons. The second kappa shape index (κ2) is 9.91. The molecule has 0 saturated carbocycles. The molecule has 0 bridgehead atoms. The Balaban J connectivity index is 1.84. The number of aromatic nitrogens is 1. The number of ether oxygens (including phenoxy) is 1. The average Bonchev–Trinajstić information content (AvgIpc) is 2.77. The normalized spacial score (nSPS) is 16.2. The quantitative estimate of drug-likeness (QED) is 0.445. The Morgan fingerprint density at radius 2 is 2.18 bits per heavy atom. The minimum absolute atomic E-state index is 0.0857. The summed E-state index contributed by atoms with van der Waals surface area (Å²) >= 11 is 5.81. The molecule has 3 N–H and O–H groups in total. The van der Waals surface area contributed by atoms with Gasteiger partial charge in [-0.3, -0.25) is 0 Å². The summed E-state index contributed by atoms with van der Waals surface area (Å²) in [5.74, 6) is -1.14. The number of pyridine rings is 1. The molecule has 0 spiro atoms. The van der Waals surface area contributed by atoms with E-state index in [0.717, 1.165) is 18.3 Å². The number of sulfone groups is 1. The van der Waals surface area contributed by atoms with Crippen molar-refractivity contribution in [3.05, 3.63) is 58.4 Å². The van der Waals surface area contributed by atoms with Gasteiger partial charge < -0.3 is 0 Å². The van der Waals surface area contributed by atoms with Gasteiger partial charge in [-0.05, 0) is 6.07 Å². The minimum atomic E-state index is -3.79. The summed E-state index contributed by atoms with van der Waals surface area (Å²) in [6.07, 6.45) is 2.82. The van der Waals surface area contributed by atoms with Gasteiger partial charge >= 0.3 is 169 Å². The van der Waals surface area contributed by atoms with Crippen molar-refractivity contribution in [2.45, 2.75) is 31.1 Å². The van der Waals surface area contributed by atoms with Crippen LogP contribution >= 0.6 is 11.6 Å². The molecule has 172 valence electrons. The molecule has 9 nitrogen and oxygen atoms in total. The molecule has 12 heteroatoms. The van der Waals surface area contributed by atoms with Crippen LogP contribution in [0.15, 0.2) is 36.5 Å². The van der Waals surface area contributed by atoms with E-state index in [1.807, 2.05) is 0 Å². The van der Waals surface area contributed by atoms with Crippen LogP contribution in [0.1, 0.15) is 41.4 Å². The van der Waals surface area contributed by atoms with Crippen molar-refractivity contribution in [1.82, 2.24) is 4.98 Å². The van der Waals surface area contributed by atoms with Gasteiger partial charge in [-0.25, -0.2) is 0 Å². The molecule has 1 aliphatic heterocycles. The number of nitriles is 1. The summed E-state index contributed by atoms with van der Waals surface area (Å²) in [6, 6.07) is 8.33. The Bertz CT molecular complexity index is 1230. The van der Waals surface area contributed by atoms with E-state index >= 15 is 0 Å². The first-order chi connectivity index (χ1) is 15.5.